The van der Waals surface area contributed by atoms with Crippen molar-refractivity contribution in [3.05, 3.63) is 76.8 Å². The van der Waals surface area contributed by atoms with Crippen molar-refractivity contribution in [1.82, 2.24) is 29.5 Å². The van der Waals surface area contributed by atoms with E-state index in [4.69, 9.17) is 22.3 Å². The average molecular weight is 674 g/mol. The molecule has 10 heteroatoms. The summed E-state index contributed by atoms with van der Waals surface area (Å²) in [5.41, 5.74) is 8.71. The van der Waals surface area contributed by atoms with Crippen LogP contribution in [0.25, 0.3) is 10.2 Å². The van der Waals surface area contributed by atoms with E-state index in [1.165, 1.54) is 36.8 Å². The second kappa shape index (κ2) is 14.7. The van der Waals surface area contributed by atoms with Gasteiger partial charge in [0.25, 0.3) is 0 Å². The molecule has 2 aliphatic carbocycles. The molecule has 2 aromatic carbocycles. The van der Waals surface area contributed by atoms with E-state index in [1.54, 1.807) is 17.7 Å². The van der Waals surface area contributed by atoms with Crippen molar-refractivity contribution in [1.29, 1.82) is 0 Å². The number of hydrogen-bond donors (Lipinski definition) is 1. The maximum atomic E-state index is 15.0. The predicted molar refractivity (Wildman–Crippen MR) is 189 cm³/mol. The van der Waals surface area contributed by atoms with Crippen LogP contribution in [0.5, 0.6) is 0 Å². The fourth-order valence-electron chi connectivity index (χ4n) is 8.69. The maximum absolute atomic E-state index is 15.0. The maximum Gasteiger partial charge on any atom is 0.240 e. The number of thiazole rings is 1. The Kier molecular flexibility index (Phi) is 10.2. The van der Waals surface area contributed by atoms with Crippen LogP contribution in [0.1, 0.15) is 81.2 Å². The molecular weight excluding hydrogens is 626 g/mol. The average Bonchev–Trinajstić information content (AvgIpc) is 3.77. The van der Waals surface area contributed by atoms with E-state index >= 15 is 0 Å². The molecule has 1 amide bonds. The lowest BCUT2D eigenvalue weighted by Crippen LogP contribution is -2.57. The van der Waals surface area contributed by atoms with E-state index < -0.39 is 0 Å². The van der Waals surface area contributed by atoms with Gasteiger partial charge in [-0.05, 0) is 98.9 Å². The van der Waals surface area contributed by atoms with Gasteiger partial charge in [0.15, 0.2) is 0 Å². The Hall–Kier alpha value is -2.85. The highest BCUT2D eigenvalue weighted by molar-refractivity contribution is 7.18. The van der Waals surface area contributed by atoms with Crippen molar-refractivity contribution in [3.8, 4) is 0 Å². The standard InChI is InChI=1S/C37H48ClN7OS/c38-29-12-10-27(11-13-29)22-33(45(31-16-14-30(39)15-17-31)23-35-42-32-8-4-5-9-34(32)47-35)36(46)43-20-18-37(19-21-43,24-44-26-40-25-41-44)28-6-2-1-3-7-28/h4-5,8-13,25-26,28,30-31,33H,1-3,6-7,14-24,39H2/t30?,31?,33-/m1/s1. The first-order valence-electron chi connectivity index (χ1n) is 17.7. The molecule has 7 rings (SSSR count). The van der Waals surface area contributed by atoms with Crippen molar-refractivity contribution in [2.75, 3.05) is 13.1 Å². The van der Waals surface area contributed by atoms with Gasteiger partial charge in [-0.3, -0.25) is 14.4 Å². The van der Waals surface area contributed by atoms with Gasteiger partial charge in [0, 0.05) is 36.7 Å². The summed E-state index contributed by atoms with van der Waals surface area (Å²) in [4.78, 5) is 28.9. The van der Waals surface area contributed by atoms with Gasteiger partial charge in [-0.2, -0.15) is 5.10 Å². The van der Waals surface area contributed by atoms with Crippen molar-refractivity contribution >= 4 is 39.1 Å². The van der Waals surface area contributed by atoms with E-state index in [9.17, 15) is 4.79 Å². The van der Waals surface area contributed by atoms with Gasteiger partial charge in [-0.15, -0.1) is 11.3 Å². The number of likely N-dealkylation sites (tertiary alicyclic amines) is 1. The number of carbonyl (C=O) groups excluding carboxylic acids is 1. The van der Waals surface area contributed by atoms with Crippen molar-refractivity contribution < 1.29 is 4.79 Å². The molecule has 0 spiro atoms. The second-order valence-electron chi connectivity index (χ2n) is 14.3. The summed E-state index contributed by atoms with van der Waals surface area (Å²) in [5, 5.41) is 6.30. The van der Waals surface area contributed by atoms with E-state index in [0.717, 1.165) is 74.2 Å². The third-order valence-corrected chi connectivity index (χ3v) is 12.7. The Morgan fingerprint density at radius 3 is 2.45 bits per heavy atom. The van der Waals surface area contributed by atoms with Gasteiger partial charge in [0.05, 0.1) is 22.8 Å². The molecule has 4 aromatic rings. The molecule has 0 radical (unpaired) electrons. The number of hydrogen-bond acceptors (Lipinski definition) is 7. The molecular formula is C37H48ClN7OS. The fourth-order valence-corrected chi connectivity index (χ4v) is 9.79. The van der Waals surface area contributed by atoms with Gasteiger partial charge >= 0.3 is 0 Å². The van der Waals surface area contributed by atoms with Gasteiger partial charge in [-0.25, -0.2) is 9.97 Å². The predicted octanol–water partition coefficient (Wildman–Crippen LogP) is 7.11. The zero-order chi connectivity index (χ0) is 32.2. The Balaban J connectivity index is 1.17. The quantitative estimate of drug-likeness (QED) is 0.193. The Morgan fingerprint density at radius 1 is 1.00 bits per heavy atom. The summed E-state index contributed by atoms with van der Waals surface area (Å²) in [6.45, 7) is 3.12. The van der Waals surface area contributed by atoms with Crippen LogP contribution in [0.2, 0.25) is 5.02 Å². The molecule has 2 N–H and O–H groups in total. The van der Waals surface area contributed by atoms with Gasteiger partial charge in [-0.1, -0.05) is 55.1 Å². The number of piperidine rings is 1. The number of rotatable bonds is 10. The SMILES string of the molecule is NC1CCC(N(Cc2nc3ccccc3s2)[C@H](Cc2ccc(Cl)cc2)C(=O)N2CCC(Cn3cncn3)(C3CCCCC3)CC2)CC1. The topological polar surface area (TPSA) is 93.2 Å². The van der Waals surface area contributed by atoms with E-state index in [2.05, 4.69) is 50.2 Å². The Bertz CT molecular complexity index is 1550. The fraction of sp³-hybridized carbons (Fsp3) is 0.568. The number of benzene rings is 2. The number of aromatic nitrogens is 4. The smallest absolute Gasteiger partial charge is 0.240 e. The molecule has 0 unspecified atom stereocenters. The molecule has 8 nitrogen and oxygen atoms in total. The van der Waals surface area contributed by atoms with E-state index in [-0.39, 0.29) is 29.4 Å². The first-order chi connectivity index (χ1) is 23.0. The molecule has 3 aliphatic rings. The van der Waals surface area contributed by atoms with Crippen molar-refractivity contribution in [3.63, 3.8) is 0 Å². The normalized spacial score (nSPS) is 22.9. The third kappa shape index (κ3) is 7.58. The first-order valence-corrected chi connectivity index (χ1v) is 18.9. The summed E-state index contributed by atoms with van der Waals surface area (Å²) in [5.74, 6) is 0.915. The van der Waals surface area contributed by atoms with E-state index in [1.807, 2.05) is 29.2 Å². The summed E-state index contributed by atoms with van der Waals surface area (Å²) in [7, 11) is 0. The van der Waals surface area contributed by atoms with Crippen LogP contribution in [-0.2, 0) is 24.3 Å². The number of fused-ring (bicyclic) bond motifs is 1. The lowest BCUT2D eigenvalue weighted by atomic mass is 9.63. The van der Waals surface area contributed by atoms with Crippen LogP contribution in [0.3, 0.4) is 0 Å². The summed E-state index contributed by atoms with van der Waals surface area (Å²) in [6, 6.07) is 16.6. The lowest BCUT2D eigenvalue weighted by molar-refractivity contribution is -0.142. The molecule has 0 bridgehead atoms. The number of para-hydroxylation sites is 1. The summed E-state index contributed by atoms with van der Waals surface area (Å²) >= 11 is 8.05. The zero-order valence-corrected chi connectivity index (χ0v) is 28.9. The van der Waals surface area contributed by atoms with Gasteiger partial charge < -0.3 is 10.6 Å². The van der Waals surface area contributed by atoms with Crippen LogP contribution in [0.15, 0.2) is 61.2 Å². The molecule has 3 fully saturated rings. The van der Waals surface area contributed by atoms with Crippen LogP contribution < -0.4 is 5.73 Å². The van der Waals surface area contributed by atoms with Gasteiger partial charge in [0.2, 0.25) is 5.91 Å². The number of halogens is 1. The minimum absolute atomic E-state index is 0.150. The number of carbonyl (C=O) groups is 1. The molecule has 3 heterocycles. The van der Waals surface area contributed by atoms with Crippen LogP contribution in [0, 0.1) is 11.3 Å². The third-order valence-electron chi connectivity index (χ3n) is 11.4. The van der Waals surface area contributed by atoms with Crippen molar-refractivity contribution in [2.45, 2.75) is 108 Å². The zero-order valence-electron chi connectivity index (χ0n) is 27.4. The Morgan fingerprint density at radius 2 is 1.74 bits per heavy atom. The highest BCUT2D eigenvalue weighted by atomic mass is 35.5. The molecule has 1 saturated heterocycles. The number of nitrogens with two attached hydrogens (primary N) is 1. The summed E-state index contributed by atoms with van der Waals surface area (Å²) < 4.78 is 3.22. The molecule has 47 heavy (non-hydrogen) atoms. The van der Waals surface area contributed by atoms with Crippen LogP contribution in [0.4, 0.5) is 0 Å². The molecule has 2 saturated carbocycles. The molecule has 2 aromatic heterocycles. The first kappa shape index (κ1) is 32.7. The van der Waals surface area contributed by atoms with Crippen LogP contribution >= 0.6 is 22.9 Å². The largest absolute Gasteiger partial charge is 0.341 e. The van der Waals surface area contributed by atoms with E-state index in [0.29, 0.717) is 23.9 Å². The number of nitrogens with zero attached hydrogens (tertiary/aromatic N) is 6. The van der Waals surface area contributed by atoms with Crippen LogP contribution in [-0.4, -0.2) is 66.7 Å². The highest BCUT2D eigenvalue weighted by Crippen LogP contribution is 2.47. The van der Waals surface area contributed by atoms with Crippen molar-refractivity contribution in [2.24, 2.45) is 17.1 Å². The highest BCUT2D eigenvalue weighted by Gasteiger charge is 2.45. The molecule has 1 aliphatic heterocycles. The minimum atomic E-state index is -0.292. The lowest BCUT2D eigenvalue weighted by Gasteiger charge is -2.49. The van der Waals surface area contributed by atoms with Gasteiger partial charge in [0.1, 0.15) is 17.7 Å². The molecule has 1 atom stereocenters. The molecule has 250 valence electrons. The Labute approximate surface area is 287 Å². The number of amides is 1. The second-order valence-corrected chi connectivity index (χ2v) is 15.8. The minimum Gasteiger partial charge on any atom is -0.341 e. The monoisotopic (exact) mass is 673 g/mol. The summed E-state index contributed by atoms with van der Waals surface area (Å²) in [6.07, 6.45) is 16.6.